The lowest BCUT2D eigenvalue weighted by atomic mass is 10.0. The van der Waals surface area contributed by atoms with Crippen LogP contribution >= 0.6 is 11.6 Å². The van der Waals surface area contributed by atoms with Gasteiger partial charge >= 0.3 is 6.03 Å². The molecule has 2 N–H and O–H groups in total. The minimum absolute atomic E-state index is 0.0491. The van der Waals surface area contributed by atoms with Gasteiger partial charge in [0.05, 0.1) is 12.8 Å². The molecule has 1 saturated heterocycles. The molecule has 0 aromatic heterocycles. The summed E-state index contributed by atoms with van der Waals surface area (Å²) < 4.78 is 5.16. The van der Waals surface area contributed by atoms with Gasteiger partial charge in [-0.05, 0) is 54.5 Å². The van der Waals surface area contributed by atoms with Gasteiger partial charge in [-0.15, -0.1) is 6.58 Å². The zero-order valence-corrected chi connectivity index (χ0v) is 16.2. The van der Waals surface area contributed by atoms with Gasteiger partial charge in [0.25, 0.3) is 11.8 Å². The van der Waals surface area contributed by atoms with Crippen LogP contribution in [-0.4, -0.2) is 30.1 Å². The quantitative estimate of drug-likeness (QED) is 0.445. The van der Waals surface area contributed by atoms with E-state index in [0.717, 1.165) is 4.90 Å². The van der Waals surface area contributed by atoms with Crippen LogP contribution in [0.15, 0.2) is 54.6 Å². The molecule has 0 radical (unpaired) electrons. The highest BCUT2D eigenvalue weighted by Crippen LogP contribution is 2.33. The molecule has 1 aliphatic rings. The number of nitrogens with zero attached hydrogens (tertiary/aromatic N) is 1. The molecule has 0 saturated carbocycles. The lowest BCUT2D eigenvalue weighted by Gasteiger charge is -2.26. The number of methoxy groups -OCH3 is 1. The summed E-state index contributed by atoms with van der Waals surface area (Å²) >= 11 is 5.86. The molecule has 0 atom stereocenters. The molecule has 0 bridgehead atoms. The molecular weight excluding hydrogens is 396 g/mol. The van der Waals surface area contributed by atoms with Gasteiger partial charge < -0.3 is 9.84 Å². The number of carbonyl (C=O) groups is 3. The number of urea groups is 1. The Hall–Kier alpha value is -3.58. The van der Waals surface area contributed by atoms with Crippen molar-refractivity contribution in [3.05, 3.63) is 70.8 Å². The number of hydrogen-bond acceptors (Lipinski definition) is 5. The van der Waals surface area contributed by atoms with Crippen LogP contribution in [0, 0.1) is 0 Å². The summed E-state index contributed by atoms with van der Waals surface area (Å²) in [6.07, 6.45) is 3.29. The van der Waals surface area contributed by atoms with Gasteiger partial charge in [0.15, 0.2) is 11.5 Å². The van der Waals surface area contributed by atoms with Crippen molar-refractivity contribution in [2.45, 2.75) is 6.42 Å². The van der Waals surface area contributed by atoms with Gasteiger partial charge in [-0.2, -0.15) is 0 Å². The predicted molar refractivity (Wildman–Crippen MR) is 109 cm³/mol. The van der Waals surface area contributed by atoms with Crippen LogP contribution in [0.1, 0.15) is 11.1 Å². The van der Waals surface area contributed by atoms with E-state index in [-0.39, 0.29) is 22.8 Å². The van der Waals surface area contributed by atoms with Gasteiger partial charge in [-0.1, -0.05) is 17.7 Å². The van der Waals surface area contributed by atoms with Gasteiger partial charge in [0, 0.05) is 10.6 Å². The fourth-order valence-electron chi connectivity index (χ4n) is 2.89. The molecule has 3 rings (SSSR count). The molecule has 148 valence electrons. The largest absolute Gasteiger partial charge is 0.504 e. The second-order valence-corrected chi connectivity index (χ2v) is 6.59. The maximum absolute atomic E-state index is 12.9. The number of rotatable bonds is 5. The molecule has 1 fully saturated rings. The number of aromatic hydroxyl groups is 1. The maximum Gasteiger partial charge on any atom is 0.335 e. The van der Waals surface area contributed by atoms with E-state index in [1.165, 1.54) is 43.5 Å². The van der Waals surface area contributed by atoms with Crippen molar-refractivity contribution in [3.8, 4) is 11.5 Å². The van der Waals surface area contributed by atoms with Crippen molar-refractivity contribution in [3.63, 3.8) is 0 Å². The third kappa shape index (κ3) is 4.00. The average Bonchev–Trinajstić information content (AvgIpc) is 2.68. The van der Waals surface area contributed by atoms with Crippen molar-refractivity contribution < 1.29 is 24.2 Å². The molecule has 29 heavy (non-hydrogen) atoms. The van der Waals surface area contributed by atoms with E-state index >= 15 is 0 Å². The fourth-order valence-corrected chi connectivity index (χ4v) is 3.01. The number of benzene rings is 2. The molecule has 7 nitrogen and oxygen atoms in total. The summed E-state index contributed by atoms with van der Waals surface area (Å²) in [6.45, 7) is 3.64. The molecule has 2 aromatic carbocycles. The van der Waals surface area contributed by atoms with Crippen LogP contribution in [-0.2, 0) is 16.0 Å². The molecule has 4 amide bonds. The van der Waals surface area contributed by atoms with E-state index in [4.69, 9.17) is 16.3 Å². The SMILES string of the molecule is C=CCc1cc(/C=C2/C(=O)NC(=O)N(c3ccc(Cl)cc3)C2=O)cc(OC)c1O. The fraction of sp³-hybridized carbons (Fsp3) is 0.0952. The lowest BCUT2D eigenvalue weighted by Crippen LogP contribution is -2.54. The van der Waals surface area contributed by atoms with E-state index < -0.39 is 17.8 Å². The first kappa shape index (κ1) is 20.2. The standard InChI is InChI=1S/C21H17ClN2O5/c1-3-4-13-9-12(11-17(29-2)18(13)25)10-16-19(26)23-21(28)24(20(16)27)15-7-5-14(22)6-8-15/h3,5-11,25H,1,4H2,2H3,(H,23,26,28)/b16-10-. The van der Waals surface area contributed by atoms with E-state index in [0.29, 0.717) is 22.6 Å². The minimum atomic E-state index is -0.852. The number of halogens is 1. The normalized spacial score (nSPS) is 15.4. The Labute approximate surface area is 171 Å². The second kappa shape index (κ2) is 8.20. The van der Waals surface area contributed by atoms with Crippen molar-refractivity contribution >= 4 is 41.2 Å². The first-order chi connectivity index (χ1) is 13.8. The van der Waals surface area contributed by atoms with Gasteiger partial charge in [0.1, 0.15) is 5.57 Å². The number of nitrogens with one attached hydrogen (secondary N) is 1. The Morgan fingerprint density at radius 2 is 1.90 bits per heavy atom. The van der Waals surface area contributed by atoms with Crippen LogP contribution in [0.3, 0.4) is 0 Å². The number of hydrogen-bond donors (Lipinski definition) is 2. The van der Waals surface area contributed by atoms with Crippen LogP contribution in [0.4, 0.5) is 10.5 Å². The van der Waals surface area contributed by atoms with Crippen LogP contribution < -0.4 is 15.0 Å². The smallest absolute Gasteiger partial charge is 0.335 e. The van der Waals surface area contributed by atoms with Gasteiger partial charge in [0.2, 0.25) is 0 Å². The summed E-state index contributed by atoms with van der Waals surface area (Å²) in [5.74, 6) is -1.46. The molecule has 0 spiro atoms. The highest BCUT2D eigenvalue weighted by molar-refractivity contribution is 6.39. The van der Waals surface area contributed by atoms with E-state index in [9.17, 15) is 19.5 Å². The molecule has 1 heterocycles. The second-order valence-electron chi connectivity index (χ2n) is 6.16. The van der Waals surface area contributed by atoms with E-state index in [2.05, 4.69) is 11.9 Å². The molecule has 2 aromatic rings. The Morgan fingerprint density at radius 1 is 1.21 bits per heavy atom. The summed E-state index contributed by atoms with van der Waals surface area (Å²) in [6, 6.07) is 8.30. The highest BCUT2D eigenvalue weighted by Gasteiger charge is 2.36. The number of allylic oxidation sites excluding steroid dienone is 1. The summed E-state index contributed by atoms with van der Waals surface area (Å²) in [4.78, 5) is 38.3. The zero-order valence-electron chi connectivity index (χ0n) is 15.4. The van der Waals surface area contributed by atoms with Gasteiger partial charge in [-0.3, -0.25) is 14.9 Å². The molecule has 1 aliphatic heterocycles. The van der Waals surface area contributed by atoms with E-state index in [1.54, 1.807) is 12.1 Å². The van der Waals surface area contributed by atoms with Crippen LogP contribution in [0.2, 0.25) is 5.02 Å². The first-order valence-electron chi connectivity index (χ1n) is 8.53. The Balaban J connectivity index is 2.06. The summed E-state index contributed by atoms with van der Waals surface area (Å²) in [5.41, 5.74) is 0.990. The maximum atomic E-state index is 12.9. The monoisotopic (exact) mass is 412 g/mol. The molecule has 0 unspecified atom stereocenters. The van der Waals surface area contributed by atoms with Crippen molar-refractivity contribution in [1.29, 1.82) is 0 Å². The van der Waals surface area contributed by atoms with Crippen molar-refractivity contribution in [1.82, 2.24) is 5.32 Å². The Morgan fingerprint density at radius 3 is 2.52 bits per heavy atom. The number of amides is 4. The third-order valence-corrected chi connectivity index (χ3v) is 4.51. The number of anilines is 1. The number of barbiturate groups is 1. The minimum Gasteiger partial charge on any atom is -0.504 e. The third-order valence-electron chi connectivity index (χ3n) is 4.26. The van der Waals surface area contributed by atoms with E-state index in [1.807, 2.05) is 0 Å². The number of phenols is 1. The Kier molecular flexibility index (Phi) is 5.70. The molecular formula is C21H17ClN2O5. The van der Waals surface area contributed by atoms with Crippen LogP contribution in [0.5, 0.6) is 11.5 Å². The zero-order chi connectivity index (χ0) is 21.1. The highest BCUT2D eigenvalue weighted by atomic mass is 35.5. The first-order valence-corrected chi connectivity index (χ1v) is 8.91. The number of ether oxygens (including phenoxy) is 1. The van der Waals surface area contributed by atoms with Gasteiger partial charge in [-0.25, -0.2) is 9.69 Å². The molecule has 8 heteroatoms. The Bertz CT molecular complexity index is 1040. The van der Waals surface area contributed by atoms with Crippen LogP contribution in [0.25, 0.3) is 6.08 Å². The predicted octanol–water partition coefficient (Wildman–Crippen LogP) is 3.45. The number of carbonyl (C=O) groups excluding carboxylic acids is 3. The number of phenolic OH excluding ortho intramolecular Hbond substituents is 1. The average molecular weight is 413 g/mol. The molecule has 0 aliphatic carbocycles. The lowest BCUT2D eigenvalue weighted by molar-refractivity contribution is -0.122. The topological polar surface area (TPSA) is 95.9 Å². The summed E-state index contributed by atoms with van der Waals surface area (Å²) in [5, 5.41) is 12.8. The van der Waals surface area contributed by atoms with Crippen molar-refractivity contribution in [2.75, 3.05) is 12.0 Å². The summed E-state index contributed by atoms with van der Waals surface area (Å²) in [7, 11) is 1.39. The van der Waals surface area contributed by atoms with Crippen molar-refractivity contribution in [2.24, 2.45) is 0 Å². The number of imide groups is 2.